The Morgan fingerprint density at radius 3 is 2.42 bits per heavy atom. The number of carbonyl (C=O) groups is 2. The maximum absolute atomic E-state index is 14.9. The van der Waals surface area contributed by atoms with E-state index in [-0.39, 0.29) is 22.4 Å². The second-order valence-electron chi connectivity index (χ2n) is 7.24. The maximum atomic E-state index is 14.9. The van der Waals surface area contributed by atoms with Crippen molar-refractivity contribution in [1.29, 1.82) is 0 Å². The van der Waals surface area contributed by atoms with Crippen LogP contribution in [0.15, 0.2) is 72.3 Å². The van der Waals surface area contributed by atoms with Crippen LogP contribution in [0.4, 0.5) is 10.1 Å². The van der Waals surface area contributed by atoms with Gasteiger partial charge in [-0.3, -0.25) is 14.5 Å². The summed E-state index contributed by atoms with van der Waals surface area (Å²) in [5.41, 5.74) is 0.224. The highest BCUT2D eigenvalue weighted by atomic mass is 35.5. The standard InChI is InChI=1S/C25H19ClFNO5/c1-32-16-10-11-18(20(13-16)33-2)23(29)21-22(17-8-3-4-9-19(17)27)28(25(31)24(21)30)15-7-5-6-14(26)12-15/h3-13,22,29H,1-2H3/b23-21+. The van der Waals surface area contributed by atoms with E-state index >= 15 is 0 Å². The maximum Gasteiger partial charge on any atom is 0.300 e. The van der Waals surface area contributed by atoms with Crippen molar-refractivity contribution in [2.24, 2.45) is 0 Å². The minimum Gasteiger partial charge on any atom is -0.507 e. The first kappa shape index (κ1) is 22.4. The predicted octanol–water partition coefficient (Wildman–Crippen LogP) is 5.12. The van der Waals surface area contributed by atoms with Gasteiger partial charge >= 0.3 is 0 Å². The van der Waals surface area contributed by atoms with E-state index in [1.165, 1.54) is 50.6 Å². The van der Waals surface area contributed by atoms with Gasteiger partial charge in [-0.2, -0.15) is 0 Å². The van der Waals surface area contributed by atoms with Gasteiger partial charge in [0.2, 0.25) is 0 Å². The van der Waals surface area contributed by atoms with Crippen LogP contribution in [0.3, 0.4) is 0 Å². The number of carbonyl (C=O) groups excluding carboxylic acids is 2. The highest BCUT2D eigenvalue weighted by molar-refractivity contribution is 6.51. The minimum absolute atomic E-state index is 0.0469. The Morgan fingerprint density at radius 2 is 1.76 bits per heavy atom. The lowest BCUT2D eigenvalue weighted by molar-refractivity contribution is -0.132. The molecule has 1 aliphatic rings. The Labute approximate surface area is 194 Å². The van der Waals surface area contributed by atoms with E-state index in [1.807, 2.05) is 0 Å². The van der Waals surface area contributed by atoms with Gasteiger partial charge in [0.05, 0.1) is 31.4 Å². The van der Waals surface area contributed by atoms with Gasteiger partial charge in [-0.25, -0.2) is 4.39 Å². The van der Waals surface area contributed by atoms with Gasteiger partial charge in [-0.1, -0.05) is 35.9 Å². The number of nitrogens with zero attached hydrogens (tertiary/aromatic N) is 1. The summed E-state index contributed by atoms with van der Waals surface area (Å²) < 4.78 is 25.5. The SMILES string of the molecule is COc1ccc(/C(O)=C2\C(=O)C(=O)N(c3cccc(Cl)c3)C2c2ccccc2F)c(OC)c1. The lowest BCUT2D eigenvalue weighted by Gasteiger charge is -2.26. The van der Waals surface area contributed by atoms with Gasteiger partial charge in [0, 0.05) is 22.3 Å². The van der Waals surface area contributed by atoms with E-state index in [9.17, 15) is 19.1 Å². The fraction of sp³-hybridized carbons (Fsp3) is 0.120. The third-order valence-electron chi connectivity index (χ3n) is 5.39. The summed E-state index contributed by atoms with van der Waals surface area (Å²) in [6.07, 6.45) is 0. The topological polar surface area (TPSA) is 76.1 Å². The van der Waals surface area contributed by atoms with Crippen molar-refractivity contribution in [1.82, 2.24) is 0 Å². The molecule has 1 heterocycles. The number of ether oxygens (including phenoxy) is 2. The van der Waals surface area contributed by atoms with Crippen LogP contribution in [0.25, 0.3) is 5.76 Å². The van der Waals surface area contributed by atoms with Crippen molar-refractivity contribution in [3.63, 3.8) is 0 Å². The first-order valence-electron chi connectivity index (χ1n) is 9.90. The first-order chi connectivity index (χ1) is 15.9. The summed E-state index contributed by atoms with van der Waals surface area (Å²) in [5, 5.41) is 11.6. The molecule has 3 aromatic carbocycles. The van der Waals surface area contributed by atoms with Gasteiger partial charge in [0.15, 0.2) is 0 Å². The highest BCUT2D eigenvalue weighted by Crippen LogP contribution is 2.44. The average molecular weight is 468 g/mol. The molecule has 0 spiro atoms. The molecule has 1 N–H and O–H groups in total. The molecular formula is C25H19ClFNO5. The summed E-state index contributed by atoms with van der Waals surface area (Å²) in [7, 11) is 2.87. The molecular weight excluding hydrogens is 449 g/mol. The Bertz CT molecular complexity index is 1290. The third kappa shape index (κ3) is 3.91. The number of aliphatic hydroxyl groups excluding tert-OH is 1. The minimum atomic E-state index is -1.23. The molecule has 1 saturated heterocycles. The van der Waals surface area contributed by atoms with Gasteiger partial charge < -0.3 is 14.6 Å². The monoisotopic (exact) mass is 467 g/mol. The van der Waals surface area contributed by atoms with Crippen molar-refractivity contribution in [2.75, 3.05) is 19.1 Å². The van der Waals surface area contributed by atoms with E-state index in [1.54, 1.807) is 30.3 Å². The number of rotatable bonds is 5. The summed E-state index contributed by atoms with van der Waals surface area (Å²) in [6, 6.07) is 15.4. The molecule has 0 aliphatic carbocycles. The second-order valence-corrected chi connectivity index (χ2v) is 7.67. The number of benzene rings is 3. The molecule has 0 saturated carbocycles. The molecule has 6 nitrogen and oxygen atoms in total. The lowest BCUT2D eigenvalue weighted by atomic mass is 9.94. The van der Waals surface area contributed by atoms with Crippen LogP contribution in [-0.4, -0.2) is 31.0 Å². The van der Waals surface area contributed by atoms with Gasteiger partial charge in [-0.15, -0.1) is 0 Å². The Balaban J connectivity index is 1.99. The van der Waals surface area contributed by atoms with Crippen molar-refractivity contribution >= 4 is 34.7 Å². The van der Waals surface area contributed by atoms with Crippen LogP contribution in [0, 0.1) is 5.82 Å². The van der Waals surface area contributed by atoms with Gasteiger partial charge in [0.1, 0.15) is 23.1 Å². The molecule has 0 radical (unpaired) electrons. The summed E-state index contributed by atoms with van der Waals surface area (Å²) in [5.74, 6) is -2.32. The van der Waals surface area contributed by atoms with Crippen molar-refractivity contribution in [2.45, 2.75) is 6.04 Å². The van der Waals surface area contributed by atoms with E-state index < -0.39 is 29.3 Å². The average Bonchev–Trinajstić information content (AvgIpc) is 3.08. The van der Waals surface area contributed by atoms with E-state index in [4.69, 9.17) is 21.1 Å². The summed E-state index contributed by atoms with van der Waals surface area (Å²) in [4.78, 5) is 27.4. The molecule has 33 heavy (non-hydrogen) atoms. The largest absolute Gasteiger partial charge is 0.507 e. The molecule has 1 unspecified atom stereocenters. The smallest absolute Gasteiger partial charge is 0.300 e. The van der Waals surface area contributed by atoms with Crippen LogP contribution in [0.1, 0.15) is 17.2 Å². The van der Waals surface area contributed by atoms with Crippen molar-refractivity contribution < 1.29 is 28.6 Å². The number of methoxy groups -OCH3 is 2. The molecule has 0 aromatic heterocycles. The molecule has 0 bridgehead atoms. The van der Waals surface area contributed by atoms with E-state index in [2.05, 4.69) is 0 Å². The molecule has 1 fully saturated rings. The summed E-state index contributed by atoms with van der Waals surface area (Å²) >= 11 is 6.11. The number of hydrogen-bond donors (Lipinski definition) is 1. The first-order valence-corrected chi connectivity index (χ1v) is 10.3. The van der Waals surface area contributed by atoms with Crippen molar-refractivity contribution in [3.8, 4) is 11.5 Å². The van der Waals surface area contributed by atoms with Crippen LogP contribution in [0.2, 0.25) is 5.02 Å². The van der Waals surface area contributed by atoms with Crippen molar-refractivity contribution in [3.05, 3.63) is 94.3 Å². The number of Topliss-reactive ketones (excluding diaryl/α,β-unsaturated/α-hetero) is 1. The van der Waals surface area contributed by atoms with E-state index in [0.29, 0.717) is 16.5 Å². The Hall–Kier alpha value is -3.84. The number of amides is 1. The molecule has 1 atom stereocenters. The molecule has 1 aliphatic heterocycles. The van der Waals surface area contributed by atoms with Crippen LogP contribution < -0.4 is 14.4 Å². The zero-order valence-corrected chi connectivity index (χ0v) is 18.5. The van der Waals surface area contributed by atoms with E-state index in [0.717, 1.165) is 4.90 Å². The van der Waals surface area contributed by atoms with Crippen LogP contribution in [0.5, 0.6) is 11.5 Å². The van der Waals surface area contributed by atoms with Crippen LogP contribution >= 0.6 is 11.6 Å². The normalized spacial score (nSPS) is 17.3. The molecule has 3 aromatic rings. The highest BCUT2D eigenvalue weighted by Gasteiger charge is 2.48. The lowest BCUT2D eigenvalue weighted by Crippen LogP contribution is -2.29. The quantitative estimate of drug-likeness (QED) is 0.320. The molecule has 4 rings (SSSR count). The summed E-state index contributed by atoms with van der Waals surface area (Å²) in [6.45, 7) is 0. The fourth-order valence-electron chi connectivity index (χ4n) is 3.86. The zero-order chi connectivity index (χ0) is 23.7. The number of halogens is 2. The van der Waals surface area contributed by atoms with Gasteiger partial charge in [0.25, 0.3) is 11.7 Å². The fourth-order valence-corrected chi connectivity index (χ4v) is 4.04. The van der Waals surface area contributed by atoms with Gasteiger partial charge in [-0.05, 0) is 36.4 Å². The second kappa shape index (κ2) is 8.96. The predicted molar refractivity (Wildman–Crippen MR) is 122 cm³/mol. The third-order valence-corrected chi connectivity index (χ3v) is 5.63. The molecule has 168 valence electrons. The molecule has 8 heteroatoms. The molecule has 1 amide bonds. The number of hydrogen-bond acceptors (Lipinski definition) is 5. The number of ketones is 1. The van der Waals surface area contributed by atoms with Crippen LogP contribution in [-0.2, 0) is 9.59 Å². The Morgan fingerprint density at radius 1 is 1.00 bits per heavy atom. The number of aliphatic hydroxyl groups is 1. The zero-order valence-electron chi connectivity index (χ0n) is 17.7. The Kier molecular flexibility index (Phi) is 6.07. The number of anilines is 1.